The van der Waals surface area contributed by atoms with E-state index < -0.39 is 11.6 Å². The molecule has 0 saturated heterocycles. The Morgan fingerprint density at radius 1 is 1.08 bits per heavy atom. The molecule has 0 aromatic heterocycles. The molecule has 4 nitrogen and oxygen atoms in total. The molecular formula is C19H19F2NO3. The van der Waals surface area contributed by atoms with E-state index in [1.54, 1.807) is 31.3 Å². The van der Waals surface area contributed by atoms with E-state index >= 15 is 0 Å². The molecule has 0 aliphatic heterocycles. The predicted molar refractivity (Wildman–Crippen MR) is 88.8 cm³/mol. The van der Waals surface area contributed by atoms with E-state index in [0.29, 0.717) is 18.0 Å². The molecule has 25 heavy (non-hydrogen) atoms. The summed E-state index contributed by atoms with van der Waals surface area (Å²) in [5.41, 5.74) is 0.928. The van der Waals surface area contributed by atoms with E-state index in [0.717, 1.165) is 30.5 Å². The summed E-state index contributed by atoms with van der Waals surface area (Å²) in [6, 6.07) is 8.68. The average Bonchev–Trinajstić information content (AvgIpc) is 3.46. The van der Waals surface area contributed by atoms with Gasteiger partial charge in [0, 0.05) is 17.2 Å². The second kappa shape index (κ2) is 7.09. The van der Waals surface area contributed by atoms with Gasteiger partial charge in [-0.1, -0.05) is 0 Å². The molecule has 2 aromatic carbocycles. The maximum absolute atomic E-state index is 13.5. The Balaban J connectivity index is 1.89. The molecule has 6 heteroatoms. The maximum atomic E-state index is 13.5. The lowest BCUT2D eigenvalue weighted by molar-refractivity contribution is 0.0728. The number of carbonyl (C=O) groups is 1. The number of benzene rings is 2. The Hall–Kier alpha value is -2.63. The van der Waals surface area contributed by atoms with Gasteiger partial charge in [0.25, 0.3) is 5.91 Å². The molecule has 1 aliphatic carbocycles. The molecule has 1 amide bonds. The number of carbonyl (C=O) groups excluding carboxylic acids is 1. The number of nitrogens with zero attached hydrogens (tertiary/aromatic N) is 1. The zero-order valence-electron chi connectivity index (χ0n) is 14.1. The molecule has 0 spiro atoms. The van der Waals surface area contributed by atoms with E-state index in [1.165, 1.54) is 6.07 Å². The van der Waals surface area contributed by atoms with E-state index in [2.05, 4.69) is 0 Å². The summed E-state index contributed by atoms with van der Waals surface area (Å²) in [5.74, 6) is -1.02. The molecule has 1 saturated carbocycles. The molecule has 132 valence electrons. The largest absolute Gasteiger partial charge is 0.497 e. The van der Waals surface area contributed by atoms with Crippen molar-refractivity contribution in [3.8, 4) is 11.5 Å². The normalized spacial score (nSPS) is 13.4. The van der Waals surface area contributed by atoms with Crippen molar-refractivity contribution in [3.63, 3.8) is 0 Å². The molecule has 0 heterocycles. The van der Waals surface area contributed by atoms with Crippen molar-refractivity contribution < 1.29 is 23.0 Å². The van der Waals surface area contributed by atoms with Crippen molar-refractivity contribution in [1.82, 2.24) is 4.90 Å². The number of amides is 1. The first kappa shape index (κ1) is 17.2. The second-order valence-electron chi connectivity index (χ2n) is 5.97. The molecule has 1 aliphatic rings. The van der Waals surface area contributed by atoms with Crippen LogP contribution in [0.3, 0.4) is 0 Å². The van der Waals surface area contributed by atoms with E-state index in [1.807, 2.05) is 6.07 Å². The third-order valence-electron chi connectivity index (χ3n) is 4.24. The van der Waals surface area contributed by atoms with Gasteiger partial charge in [-0.15, -0.1) is 0 Å². The third-order valence-corrected chi connectivity index (χ3v) is 4.24. The van der Waals surface area contributed by atoms with Crippen LogP contribution in [0.1, 0.15) is 28.8 Å². The molecule has 0 bridgehead atoms. The summed E-state index contributed by atoms with van der Waals surface area (Å²) >= 11 is 0. The van der Waals surface area contributed by atoms with Crippen molar-refractivity contribution in [2.45, 2.75) is 25.4 Å². The number of methoxy groups -OCH3 is 2. The maximum Gasteiger partial charge on any atom is 0.254 e. The topological polar surface area (TPSA) is 38.8 Å². The van der Waals surface area contributed by atoms with Crippen molar-refractivity contribution in [2.75, 3.05) is 14.2 Å². The Morgan fingerprint density at radius 2 is 1.84 bits per heavy atom. The summed E-state index contributed by atoms with van der Waals surface area (Å²) in [4.78, 5) is 14.5. The van der Waals surface area contributed by atoms with E-state index in [4.69, 9.17) is 9.47 Å². The van der Waals surface area contributed by atoms with Crippen LogP contribution in [-0.2, 0) is 6.54 Å². The van der Waals surface area contributed by atoms with Gasteiger partial charge >= 0.3 is 0 Å². The van der Waals surface area contributed by atoms with Gasteiger partial charge in [-0.25, -0.2) is 8.78 Å². The monoisotopic (exact) mass is 347 g/mol. The van der Waals surface area contributed by atoms with Crippen LogP contribution in [0.2, 0.25) is 0 Å². The van der Waals surface area contributed by atoms with Crippen LogP contribution < -0.4 is 9.47 Å². The van der Waals surface area contributed by atoms with Gasteiger partial charge in [0.2, 0.25) is 0 Å². The summed E-state index contributed by atoms with van der Waals surface area (Å²) in [6.45, 7) is 0.308. The van der Waals surface area contributed by atoms with Gasteiger partial charge in [0.1, 0.15) is 11.5 Å². The Bertz CT molecular complexity index is 790. The number of halogens is 2. The Labute approximate surface area is 145 Å². The first-order valence-electron chi connectivity index (χ1n) is 8.00. The van der Waals surface area contributed by atoms with Crippen LogP contribution in [0.4, 0.5) is 8.78 Å². The van der Waals surface area contributed by atoms with E-state index in [-0.39, 0.29) is 17.5 Å². The molecule has 0 atom stereocenters. The lowest BCUT2D eigenvalue weighted by Gasteiger charge is -2.24. The minimum atomic E-state index is -1.03. The lowest BCUT2D eigenvalue weighted by atomic mass is 10.1. The first-order valence-corrected chi connectivity index (χ1v) is 8.00. The molecule has 3 rings (SSSR count). The molecule has 1 fully saturated rings. The van der Waals surface area contributed by atoms with Gasteiger partial charge < -0.3 is 14.4 Å². The van der Waals surface area contributed by atoms with Crippen LogP contribution in [0.25, 0.3) is 0 Å². The Morgan fingerprint density at radius 3 is 2.44 bits per heavy atom. The van der Waals surface area contributed by atoms with Crippen molar-refractivity contribution in [3.05, 3.63) is 59.2 Å². The fraction of sp³-hybridized carbons (Fsp3) is 0.316. The highest BCUT2D eigenvalue weighted by molar-refractivity contribution is 5.94. The van der Waals surface area contributed by atoms with Crippen molar-refractivity contribution in [1.29, 1.82) is 0 Å². The molecule has 2 aromatic rings. The third kappa shape index (κ3) is 3.73. The van der Waals surface area contributed by atoms with Gasteiger partial charge in [-0.3, -0.25) is 4.79 Å². The molecule has 0 unspecified atom stereocenters. The standard InChI is InChI=1S/C19H19F2NO3/c1-24-15-6-8-18(25-2)13(9-15)11-22(14-4-5-14)19(23)12-3-7-16(20)17(21)10-12/h3,6-10,14H,4-5,11H2,1-2H3. The minimum Gasteiger partial charge on any atom is -0.497 e. The van der Waals surface area contributed by atoms with Crippen LogP contribution in [-0.4, -0.2) is 31.1 Å². The van der Waals surface area contributed by atoms with E-state index in [9.17, 15) is 13.6 Å². The van der Waals surface area contributed by atoms with Gasteiger partial charge in [0.15, 0.2) is 11.6 Å². The first-order chi connectivity index (χ1) is 12.0. The molecular weight excluding hydrogens is 328 g/mol. The zero-order chi connectivity index (χ0) is 18.0. The predicted octanol–water partition coefficient (Wildman–Crippen LogP) is 3.79. The van der Waals surface area contributed by atoms with Gasteiger partial charge in [-0.2, -0.15) is 0 Å². The van der Waals surface area contributed by atoms with Crippen molar-refractivity contribution >= 4 is 5.91 Å². The highest BCUT2D eigenvalue weighted by Crippen LogP contribution is 2.33. The van der Waals surface area contributed by atoms with Crippen molar-refractivity contribution in [2.24, 2.45) is 0 Å². The number of ether oxygens (including phenoxy) is 2. The summed E-state index contributed by atoms with van der Waals surface area (Å²) in [5, 5.41) is 0. The quantitative estimate of drug-likeness (QED) is 0.798. The zero-order valence-corrected chi connectivity index (χ0v) is 14.1. The fourth-order valence-corrected chi connectivity index (χ4v) is 2.74. The van der Waals surface area contributed by atoms with Crippen LogP contribution in [0.5, 0.6) is 11.5 Å². The summed E-state index contributed by atoms with van der Waals surface area (Å²) < 4.78 is 37.2. The SMILES string of the molecule is COc1ccc(OC)c(CN(C(=O)c2ccc(F)c(F)c2)C2CC2)c1. The second-order valence-corrected chi connectivity index (χ2v) is 5.97. The number of rotatable bonds is 6. The summed E-state index contributed by atoms with van der Waals surface area (Å²) in [7, 11) is 3.13. The number of hydrogen-bond donors (Lipinski definition) is 0. The van der Waals surface area contributed by atoms with Gasteiger partial charge in [-0.05, 0) is 49.2 Å². The lowest BCUT2D eigenvalue weighted by Crippen LogP contribution is -2.32. The Kier molecular flexibility index (Phi) is 4.88. The smallest absolute Gasteiger partial charge is 0.254 e. The minimum absolute atomic E-state index is 0.0940. The highest BCUT2D eigenvalue weighted by atomic mass is 19.2. The summed E-state index contributed by atoms with van der Waals surface area (Å²) in [6.07, 6.45) is 1.78. The number of hydrogen-bond acceptors (Lipinski definition) is 3. The highest BCUT2D eigenvalue weighted by Gasteiger charge is 2.34. The van der Waals surface area contributed by atoms with Crippen LogP contribution in [0.15, 0.2) is 36.4 Å². The molecule has 0 radical (unpaired) electrons. The van der Waals surface area contributed by atoms with Crippen LogP contribution in [0, 0.1) is 11.6 Å². The van der Waals surface area contributed by atoms with Gasteiger partial charge in [0.05, 0.1) is 20.8 Å². The average molecular weight is 347 g/mol. The molecule has 0 N–H and O–H groups in total. The van der Waals surface area contributed by atoms with Crippen LogP contribution >= 0.6 is 0 Å². The fourth-order valence-electron chi connectivity index (χ4n) is 2.74.